The summed E-state index contributed by atoms with van der Waals surface area (Å²) in [6.07, 6.45) is 0.450. The summed E-state index contributed by atoms with van der Waals surface area (Å²) in [5, 5.41) is 10.2. The number of benzene rings is 2. The summed E-state index contributed by atoms with van der Waals surface area (Å²) < 4.78 is 26.8. The zero-order valence-corrected chi connectivity index (χ0v) is 10.3. The first-order valence-electron chi connectivity index (χ1n) is 6.35. The van der Waals surface area contributed by atoms with E-state index in [1.165, 1.54) is 6.07 Å². The molecule has 98 valence electrons. The first kappa shape index (κ1) is 12.3. The first-order chi connectivity index (χ1) is 9.16. The van der Waals surface area contributed by atoms with E-state index in [1.807, 2.05) is 24.3 Å². The van der Waals surface area contributed by atoms with E-state index in [-0.39, 0.29) is 5.92 Å². The maximum absolute atomic E-state index is 13.7. The highest BCUT2D eigenvalue weighted by Gasteiger charge is 2.31. The van der Waals surface area contributed by atoms with E-state index in [4.69, 9.17) is 0 Å². The number of aliphatic hydroxyl groups excluding tert-OH is 1. The van der Waals surface area contributed by atoms with Crippen LogP contribution in [-0.4, -0.2) is 5.11 Å². The van der Waals surface area contributed by atoms with Crippen LogP contribution in [-0.2, 0) is 12.8 Å². The monoisotopic (exact) mass is 260 g/mol. The molecule has 0 heterocycles. The average molecular weight is 260 g/mol. The molecule has 1 aliphatic carbocycles. The molecular weight excluding hydrogens is 246 g/mol. The lowest BCUT2D eigenvalue weighted by atomic mass is 9.94. The van der Waals surface area contributed by atoms with Crippen molar-refractivity contribution in [3.63, 3.8) is 0 Å². The molecule has 2 aromatic rings. The number of aliphatic hydroxyl groups is 1. The van der Waals surface area contributed by atoms with E-state index in [9.17, 15) is 13.9 Å². The smallest absolute Gasteiger partial charge is 0.162 e. The number of hydrogen-bond donors (Lipinski definition) is 1. The van der Waals surface area contributed by atoms with E-state index in [0.29, 0.717) is 18.4 Å². The van der Waals surface area contributed by atoms with Crippen molar-refractivity contribution in [1.29, 1.82) is 0 Å². The molecule has 0 saturated carbocycles. The van der Waals surface area contributed by atoms with Gasteiger partial charge in [-0.2, -0.15) is 0 Å². The summed E-state index contributed by atoms with van der Waals surface area (Å²) in [5.41, 5.74) is 2.33. The topological polar surface area (TPSA) is 20.2 Å². The molecular formula is C16H14F2O. The minimum Gasteiger partial charge on any atom is -0.388 e. The Morgan fingerprint density at radius 2 is 1.84 bits per heavy atom. The minimum atomic E-state index is -0.831. The maximum atomic E-state index is 13.7. The largest absolute Gasteiger partial charge is 0.388 e. The van der Waals surface area contributed by atoms with Crippen LogP contribution in [0, 0.1) is 17.6 Å². The van der Waals surface area contributed by atoms with Crippen molar-refractivity contribution in [3.8, 4) is 0 Å². The summed E-state index contributed by atoms with van der Waals surface area (Å²) in [6.45, 7) is 0. The van der Waals surface area contributed by atoms with Crippen molar-refractivity contribution in [3.05, 3.63) is 70.8 Å². The molecule has 3 heteroatoms. The number of fused-ring (bicyclic) bond motifs is 1. The van der Waals surface area contributed by atoms with Crippen molar-refractivity contribution in [1.82, 2.24) is 0 Å². The van der Waals surface area contributed by atoms with Crippen molar-refractivity contribution in [2.45, 2.75) is 18.9 Å². The number of hydrogen-bond acceptors (Lipinski definition) is 1. The van der Waals surface area contributed by atoms with Gasteiger partial charge in [0.15, 0.2) is 11.6 Å². The van der Waals surface area contributed by atoms with Gasteiger partial charge >= 0.3 is 0 Å². The van der Waals surface area contributed by atoms with E-state index in [0.717, 1.165) is 17.2 Å². The van der Waals surface area contributed by atoms with Crippen molar-refractivity contribution < 1.29 is 13.9 Å². The van der Waals surface area contributed by atoms with Crippen LogP contribution in [0.15, 0.2) is 42.5 Å². The molecule has 0 spiro atoms. The lowest BCUT2D eigenvalue weighted by molar-refractivity contribution is 0.122. The maximum Gasteiger partial charge on any atom is 0.162 e. The summed E-state index contributed by atoms with van der Waals surface area (Å²) in [7, 11) is 0. The predicted octanol–water partition coefficient (Wildman–Crippen LogP) is 3.41. The van der Waals surface area contributed by atoms with Crippen molar-refractivity contribution >= 4 is 0 Å². The summed E-state index contributed by atoms with van der Waals surface area (Å²) in [6, 6.07) is 11.9. The van der Waals surface area contributed by atoms with Gasteiger partial charge in [-0.15, -0.1) is 0 Å². The third-order valence-electron chi connectivity index (χ3n) is 3.82. The van der Waals surface area contributed by atoms with Crippen LogP contribution in [0.5, 0.6) is 0 Å². The van der Waals surface area contributed by atoms with Gasteiger partial charge in [0.05, 0.1) is 6.10 Å². The Bertz CT molecular complexity index is 609. The molecule has 2 unspecified atom stereocenters. The zero-order valence-electron chi connectivity index (χ0n) is 10.3. The Balaban J connectivity index is 1.85. The van der Waals surface area contributed by atoms with E-state index >= 15 is 0 Å². The van der Waals surface area contributed by atoms with Gasteiger partial charge in [-0.25, -0.2) is 8.78 Å². The first-order valence-corrected chi connectivity index (χ1v) is 6.35. The quantitative estimate of drug-likeness (QED) is 0.877. The van der Waals surface area contributed by atoms with Crippen LogP contribution in [0.25, 0.3) is 0 Å². The van der Waals surface area contributed by atoms with Gasteiger partial charge in [0.1, 0.15) is 0 Å². The Kier molecular flexibility index (Phi) is 3.07. The number of halogens is 2. The van der Waals surface area contributed by atoms with Gasteiger partial charge in [0.2, 0.25) is 0 Å². The molecule has 0 aliphatic heterocycles. The van der Waals surface area contributed by atoms with Crippen molar-refractivity contribution in [2.24, 2.45) is 5.92 Å². The van der Waals surface area contributed by atoms with Gasteiger partial charge in [-0.3, -0.25) is 0 Å². The number of rotatable bonds is 2. The van der Waals surface area contributed by atoms with Crippen LogP contribution in [0.3, 0.4) is 0 Å². The lowest BCUT2D eigenvalue weighted by Gasteiger charge is -2.15. The van der Waals surface area contributed by atoms with Crippen molar-refractivity contribution in [2.75, 3.05) is 0 Å². The Hall–Kier alpha value is -1.74. The highest BCUT2D eigenvalue weighted by molar-refractivity contribution is 5.35. The molecule has 1 N–H and O–H groups in total. The average Bonchev–Trinajstić information content (AvgIpc) is 2.73. The third kappa shape index (κ3) is 2.15. The Labute approximate surface area is 110 Å². The fourth-order valence-corrected chi connectivity index (χ4v) is 2.83. The molecule has 0 radical (unpaired) electrons. The molecule has 0 aromatic heterocycles. The van der Waals surface area contributed by atoms with Gasteiger partial charge in [0.25, 0.3) is 0 Å². The standard InChI is InChI=1S/C16H14F2O/c17-14-7-3-5-11(15(14)18)9-12-8-10-4-1-2-6-13(10)16(12)19/h1-7,12,16,19H,8-9H2. The lowest BCUT2D eigenvalue weighted by Crippen LogP contribution is -2.12. The molecule has 19 heavy (non-hydrogen) atoms. The second kappa shape index (κ2) is 4.74. The SMILES string of the molecule is OC1c2ccccc2CC1Cc1cccc(F)c1F. The fourth-order valence-electron chi connectivity index (χ4n) is 2.83. The normalized spacial score (nSPS) is 21.4. The van der Waals surface area contributed by atoms with Crippen LogP contribution < -0.4 is 0 Å². The Morgan fingerprint density at radius 1 is 1.05 bits per heavy atom. The van der Waals surface area contributed by atoms with Crippen LogP contribution in [0.1, 0.15) is 22.8 Å². The summed E-state index contributed by atoms with van der Waals surface area (Å²) in [5.74, 6) is -1.72. The molecule has 2 atom stereocenters. The second-order valence-corrected chi connectivity index (χ2v) is 5.02. The van der Waals surface area contributed by atoms with E-state index in [2.05, 4.69) is 0 Å². The summed E-state index contributed by atoms with van der Waals surface area (Å²) in [4.78, 5) is 0. The Morgan fingerprint density at radius 3 is 2.63 bits per heavy atom. The van der Waals surface area contributed by atoms with E-state index in [1.54, 1.807) is 6.07 Å². The van der Waals surface area contributed by atoms with Gasteiger partial charge in [0, 0.05) is 0 Å². The molecule has 1 aliphatic rings. The van der Waals surface area contributed by atoms with Gasteiger partial charge in [-0.05, 0) is 41.5 Å². The minimum absolute atomic E-state index is 0.0892. The predicted molar refractivity (Wildman–Crippen MR) is 68.7 cm³/mol. The zero-order chi connectivity index (χ0) is 13.4. The highest BCUT2D eigenvalue weighted by Crippen LogP contribution is 2.38. The second-order valence-electron chi connectivity index (χ2n) is 5.02. The molecule has 0 saturated heterocycles. The molecule has 2 aromatic carbocycles. The molecule has 0 bridgehead atoms. The fraction of sp³-hybridized carbons (Fsp3) is 0.250. The van der Waals surface area contributed by atoms with E-state index < -0.39 is 17.7 Å². The molecule has 1 nitrogen and oxygen atoms in total. The third-order valence-corrected chi connectivity index (χ3v) is 3.82. The van der Waals surface area contributed by atoms with Crippen LogP contribution in [0.2, 0.25) is 0 Å². The summed E-state index contributed by atoms with van der Waals surface area (Å²) >= 11 is 0. The molecule has 0 amide bonds. The van der Waals surface area contributed by atoms with Gasteiger partial charge in [-0.1, -0.05) is 36.4 Å². The molecule has 3 rings (SSSR count). The van der Waals surface area contributed by atoms with Crippen LogP contribution in [0.4, 0.5) is 8.78 Å². The van der Waals surface area contributed by atoms with Gasteiger partial charge < -0.3 is 5.11 Å². The van der Waals surface area contributed by atoms with Crippen LogP contribution >= 0.6 is 0 Å². The molecule has 0 fully saturated rings. The highest BCUT2D eigenvalue weighted by atomic mass is 19.2.